The summed E-state index contributed by atoms with van der Waals surface area (Å²) in [7, 11) is 0. The lowest BCUT2D eigenvalue weighted by Crippen LogP contribution is -2.16. The SMILES string of the molecule is NCCCNc1cccc(Cl)c1C(N)=O. The van der Waals surface area contributed by atoms with Gasteiger partial charge in [-0.1, -0.05) is 17.7 Å². The Morgan fingerprint density at radius 2 is 2.20 bits per heavy atom. The first-order valence-corrected chi connectivity index (χ1v) is 5.07. The van der Waals surface area contributed by atoms with E-state index in [1.165, 1.54) is 0 Å². The van der Waals surface area contributed by atoms with Gasteiger partial charge < -0.3 is 16.8 Å². The molecule has 1 aromatic rings. The van der Waals surface area contributed by atoms with E-state index in [0.29, 0.717) is 29.4 Å². The molecule has 0 saturated heterocycles. The molecule has 1 rings (SSSR count). The van der Waals surface area contributed by atoms with Gasteiger partial charge in [-0.3, -0.25) is 4.79 Å². The molecular weight excluding hydrogens is 214 g/mol. The van der Waals surface area contributed by atoms with E-state index < -0.39 is 5.91 Å². The first-order chi connectivity index (χ1) is 7.16. The van der Waals surface area contributed by atoms with E-state index in [-0.39, 0.29) is 0 Å². The summed E-state index contributed by atoms with van der Waals surface area (Å²) in [6.07, 6.45) is 0.824. The van der Waals surface area contributed by atoms with Gasteiger partial charge in [0.2, 0.25) is 0 Å². The van der Waals surface area contributed by atoms with Gasteiger partial charge in [-0.05, 0) is 25.1 Å². The zero-order valence-corrected chi connectivity index (χ0v) is 9.05. The average Bonchev–Trinajstić information content (AvgIpc) is 2.17. The molecule has 0 spiro atoms. The minimum Gasteiger partial charge on any atom is -0.384 e. The number of nitrogens with two attached hydrogens (primary N) is 2. The molecule has 0 radical (unpaired) electrons. The van der Waals surface area contributed by atoms with Crippen molar-refractivity contribution < 1.29 is 4.79 Å². The van der Waals surface area contributed by atoms with Crippen molar-refractivity contribution in [2.45, 2.75) is 6.42 Å². The number of rotatable bonds is 5. The van der Waals surface area contributed by atoms with Crippen molar-refractivity contribution in [3.8, 4) is 0 Å². The first kappa shape index (κ1) is 11.8. The third-order valence-corrected chi connectivity index (χ3v) is 2.27. The number of anilines is 1. The molecule has 0 fully saturated rings. The highest BCUT2D eigenvalue weighted by molar-refractivity contribution is 6.34. The fraction of sp³-hybridized carbons (Fsp3) is 0.300. The largest absolute Gasteiger partial charge is 0.384 e. The highest BCUT2D eigenvalue weighted by atomic mass is 35.5. The maximum absolute atomic E-state index is 11.1. The van der Waals surface area contributed by atoms with Crippen molar-refractivity contribution in [2.75, 3.05) is 18.4 Å². The number of carbonyl (C=O) groups is 1. The van der Waals surface area contributed by atoms with E-state index >= 15 is 0 Å². The van der Waals surface area contributed by atoms with E-state index in [4.69, 9.17) is 23.1 Å². The van der Waals surface area contributed by atoms with Crippen LogP contribution in [0.5, 0.6) is 0 Å². The summed E-state index contributed by atoms with van der Waals surface area (Å²) in [6.45, 7) is 1.29. The van der Waals surface area contributed by atoms with Crippen LogP contribution >= 0.6 is 11.6 Å². The van der Waals surface area contributed by atoms with E-state index in [9.17, 15) is 4.79 Å². The third-order valence-electron chi connectivity index (χ3n) is 1.96. The quantitative estimate of drug-likeness (QED) is 0.662. The number of amides is 1. The normalized spacial score (nSPS) is 10.0. The Morgan fingerprint density at radius 1 is 1.47 bits per heavy atom. The summed E-state index contributed by atoms with van der Waals surface area (Å²) in [6, 6.07) is 5.16. The zero-order valence-electron chi connectivity index (χ0n) is 8.29. The molecule has 1 aromatic carbocycles. The fourth-order valence-electron chi connectivity index (χ4n) is 1.25. The van der Waals surface area contributed by atoms with Gasteiger partial charge in [0.05, 0.1) is 10.6 Å². The van der Waals surface area contributed by atoms with E-state index in [1.807, 2.05) is 0 Å². The molecule has 1 amide bonds. The van der Waals surface area contributed by atoms with Crippen molar-refractivity contribution in [2.24, 2.45) is 11.5 Å². The van der Waals surface area contributed by atoms with Crippen molar-refractivity contribution in [3.63, 3.8) is 0 Å². The summed E-state index contributed by atoms with van der Waals surface area (Å²) in [5.41, 5.74) is 11.6. The van der Waals surface area contributed by atoms with Gasteiger partial charge in [0.15, 0.2) is 0 Å². The number of halogens is 1. The molecule has 5 N–H and O–H groups in total. The van der Waals surface area contributed by atoms with E-state index in [1.54, 1.807) is 18.2 Å². The lowest BCUT2D eigenvalue weighted by atomic mass is 10.1. The molecule has 4 nitrogen and oxygen atoms in total. The molecule has 0 aliphatic rings. The second-order valence-electron chi connectivity index (χ2n) is 3.10. The van der Waals surface area contributed by atoms with Gasteiger partial charge in [-0.15, -0.1) is 0 Å². The van der Waals surface area contributed by atoms with E-state index in [2.05, 4.69) is 5.32 Å². The van der Waals surface area contributed by atoms with Crippen molar-refractivity contribution in [1.82, 2.24) is 0 Å². The van der Waals surface area contributed by atoms with Gasteiger partial charge in [0.25, 0.3) is 5.91 Å². The van der Waals surface area contributed by atoms with Crippen LogP contribution in [-0.4, -0.2) is 19.0 Å². The Morgan fingerprint density at radius 3 is 2.80 bits per heavy atom. The number of primary amides is 1. The van der Waals surface area contributed by atoms with Crippen LogP contribution in [0.3, 0.4) is 0 Å². The minimum absolute atomic E-state index is 0.330. The van der Waals surface area contributed by atoms with Crippen LogP contribution in [0.4, 0.5) is 5.69 Å². The summed E-state index contributed by atoms with van der Waals surface area (Å²) in [5, 5.41) is 3.43. The monoisotopic (exact) mass is 227 g/mol. The Hall–Kier alpha value is -1.26. The second kappa shape index (κ2) is 5.58. The molecule has 0 aliphatic heterocycles. The van der Waals surface area contributed by atoms with Crippen LogP contribution in [0.15, 0.2) is 18.2 Å². The fourth-order valence-corrected chi connectivity index (χ4v) is 1.51. The highest BCUT2D eigenvalue weighted by Gasteiger charge is 2.11. The van der Waals surface area contributed by atoms with Crippen LogP contribution in [0.1, 0.15) is 16.8 Å². The second-order valence-corrected chi connectivity index (χ2v) is 3.50. The van der Waals surface area contributed by atoms with Crippen LogP contribution < -0.4 is 16.8 Å². The summed E-state index contributed by atoms with van der Waals surface area (Å²) >= 11 is 5.87. The Bertz CT molecular complexity index is 355. The predicted molar refractivity (Wildman–Crippen MR) is 62.1 cm³/mol. The summed E-state index contributed by atoms with van der Waals surface area (Å²) in [4.78, 5) is 11.1. The average molecular weight is 228 g/mol. The molecule has 15 heavy (non-hydrogen) atoms. The topological polar surface area (TPSA) is 81.1 Å². The van der Waals surface area contributed by atoms with E-state index in [0.717, 1.165) is 6.42 Å². The van der Waals surface area contributed by atoms with Gasteiger partial charge >= 0.3 is 0 Å². The molecule has 0 saturated carbocycles. The molecule has 0 unspecified atom stereocenters. The van der Waals surface area contributed by atoms with Crippen LogP contribution in [0.2, 0.25) is 5.02 Å². The lowest BCUT2D eigenvalue weighted by molar-refractivity contribution is 0.100. The molecular formula is C10H14ClN3O. The molecule has 0 aromatic heterocycles. The summed E-state index contributed by atoms with van der Waals surface area (Å²) < 4.78 is 0. The lowest BCUT2D eigenvalue weighted by Gasteiger charge is -2.10. The van der Waals surface area contributed by atoms with Gasteiger partial charge in [-0.2, -0.15) is 0 Å². The van der Waals surface area contributed by atoms with Gasteiger partial charge in [0, 0.05) is 12.2 Å². The van der Waals surface area contributed by atoms with Gasteiger partial charge in [0.1, 0.15) is 0 Å². The highest BCUT2D eigenvalue weighted by Crippen LogP contribution is 2.23. The molecule has 0 aliphatic carbocycles. The number of nitrogens with one attached hydrogen (secondary N) is 1. The number of hydrogen-bond donors (Lipinski definition) is 3. The Labute approximate surface area is 93.6 Å². The standard InChI is InChI=1S/C10H14ClN3O/c11-7-3-1-4-8(9(7)10(13)15)14-6-2-5-12/h1,3-4,14H,2,5-6,12H2,(H2,13,15). The molecule has 0 atom stereocenters. The van der Waals surface area contributed by atoms with Crippen LogP contribution in [0, 0.1) is 0 Å². The molecule has 82 valence electrons. The molecule has 0 bridgehead atoms. The zero-order chi connectivity index (χ0) is 11.3. The van der Waals surface area contributed by atoms with Crippen LogP contribution in [0.25, 0.3) is 0 Å². The van der Waals surface area contributed by atoms with Crippen molar-refractivity contribution in [1.29, 1.82) is 0 Å². The Balaban J connectivity index is 2.86. The number of carbonyl (C=O) groups excluding carboxylic acids is 1. The smallest absolute Gasteiger partial charge is 0.252 e. The number of hydrogen-bond acceptors (Lipinski definition) is 3. The Kier molecular flexibility index (Phi) is 4.39. The third kappa shape index (κ3) is 3.11. The molecule has 0 heterocycles. The van der Waals surface area contributed by atoms with Crippen LogP contribution in [-0.2, 0) is 0 Å². The van der Waals surface area contributed by atoms with Crippen molar-refractivity contribution >= 4 is 23.2 Å². The number of benzene rings is 1. The predicted octanol–water partition coefficient (Wildman–Crippen LogP) is 1.20. The van der Waals surface area contributed by atoms with Gasteiger partial charge in [-0.25, -0.2) is 0 Å². The maximum atomic E-state index is 11.1. The maximum Gasteiger partial charge on any atom is 0.252 e. The molecule has 5 heteroatoms. The minimum atomic E-state index is -0.532. The summed E-state index contributed by atoms with van der Waals surface area (Å²) in [5.74, 6) is -0.532. The first-order valence-electron chi connectivity index (χ1n) is 4.69. The van der Waals surface area contributed by atoms with Crippen molar-refractivity contribution in [3.05, 3.63) is 28.8 Å².